The Labute approximate surface area is 143 Å². The lowest BCUT2D eigenvalue weighted by Gasteiger charge is -2.20. The predicted octanol–water partition coefficient (Wildman–Crippen LogP) is 5.30. The third kappa shape index (κ3) is 4.01. The average molecular weight is 356 g/mol. The molecule has 130 valence electrons. The van der Waals surface area contributed by atoms with E-state index in [9.17, 15) is 18.0 Å². The number of Topliss-reactive ketones (excluding diaryl/α,β-unsaturated/α-hetero) is 1. The Morgan fingerprint density at radius 2 is 1.96 bits per heavy atom. The van der Waals surface area contributed by atoms with Gasteiger partial charge in [-0.1, -0.05) is 25.1 Å². The molecule has 3 nitrogen and oxygen atoms in total. The van der Waals surface area contributed by atoms with E-state index in [1.807, 2.05) is 20.8 Å². The summed E-state index contributed by atoms with van der Waals surface area (Å²) in [5, 5.41) is 3.65. The highest BCUT2D eigenvalue weighted by Gasteiger charge is 2.42. The van der Waals surface area contributed by atoms with Gasteiger partial charge in [-0.25, -0.2) is 4.98 Å². The van der Waals surface area contributed by atoms with Crippen LogP contribution in [0, 0.1) is 0 Å². The van der Waals surface area contributed by atoms with E-state index in [1.165, 1.54) is 11.8 Å². The first kappa shape index (κ1) is 18.6. The fourth-order valence-electron chi connectivity index (χ4n) is 2.28. The van der Waals surface area contributed by atoms with Crippen LogP contribution in [0.4, 0.5) is 18.9 Å². The van der Waals surface area contributed by atoms with E-state index < -0.39 is 12.0 Å². The summed E-state index contributed by atoms with van der Waals surface area (Å²) < 4.78 is 39.4. The van der Waals surface area contributed by atoms with Crippen LogP contribution < -0.4 is 5.32 Å². The third-order valence-electron chi connectivity index (χ3n) is 3.22. The van der Waals surface area contributed by atoms with Crippen LogP contribution in [-0.4, -0.2) is 28.7 Å². The standard InChI is InChI=1S/C17H19F3N2OS/c1-4-9-24-16-13(15(23)17(18,19)20)14(21-10(2)3)11-7-5-6-8-12(11)22-16/h5-8,10H,4,9H2,1-3H3,(H,21,22). The van der Waals surface area contributed by atoms with Crippen LogP contribution in [0.5, 0.6) is 0 Å². The van der Waals surface area contributed by atoms with E-state index in [1.54, 1.807) is 24.3 Å². The SMILES string of the molecule is CCCSc1nc2ccccc2c(NC(C)C)c1C(=O)C(F)(F)F. The van der Waals surface area contributed by atoms with Gasteiger partial charge in [0, 0.05) is 11.4 Å². The third-order valence-corrected chi connectivity index (χ3v) is 4.40. The molecular weight excluding hydrogens is 337 g/mol. The highest BCUT2D eigenvalue weighted by Crippen LogP contribution is 2.37. The second kappa shape index (κ2) is 7.42. The van der Waals surface area contributed by atoms with Crippen LogP contribution in [0.1, 0.15) is 37.6 Å². The molecule has 0 aliphatic heterocycles. The number of nitrogens with zero attached hydrogens (tertiary/aromatic N) is 1. The minimum atomic E-state index is -4.95. The highest BCUT2D eigenvalue weighted by atomic mass is 32.2. The Hall–Kier alpha value is -1.76. The number of hydrogen-bond acceptors (Lipinski definition) is 4. The molecule has 1 aromatic carbocycles. The van der Waals surface area contributed by atoms with Gasteiger partial charge in [0.15, 0.2) is 0 Å². The summed E-state index contributed by atoms with van der Waals surface area (Å²) in [5.41, 5.74) is 0.392. The van der Waals surface area contributed by atoms with Crippen molar-refractivity contribution in [1.29, 1.82) is 0 Å². The largest absolute Gasteiger partial charge is 0.455 e. The van der Waals surface area contributed by atoms with E-state index in [0.29, 0.717) is 16.7 Å². The summed E-state index contributed by atoms with van der Waals surface area (Å²) in [6.07, 6.45) is -4.18. The van der Waals surface area contributed by atoms with Gasteiger partial charge < -0.3 is 5.32 Å². The van der Waals surface area contributed by atoms with Crippen molar-refractivity contribution in [2.45, 2.75) is 44.4 Å². The molecule has 0 unspecified atom stereocenters. The highest BCUT2D eigenvalue weighted by molar-refractivity contribution is 7.99. The average Bonchev–Trinajstić information content (AvgIpc) is 2.50. The Kier molecular flexibility index (Phi) is 5.74. The number of thioether (sulfide) groups is 1. The van der Waals surface area contributed by atoms with Crippen molar-refractivity contribution in [3.05, 3.63) is 29.8 Å². The van der Waals surface area contributed by atoms with E-state index in [4.69, 9.17) is 0 Å². The van der Waals surface area contributed by atoms with Crippen LogP contribution in [0.2, 0.25) is 0 Å². The van der Waals surface area contributed by atoms with Gasteiger partial charge in [-0.2, -0.15) is 13.2 Å². The summed E-state index contributed by atoms with van der Waals surface area (Å²) in [6, 6.07) is 6.77. The molecule has 0 radical (unpaired) electrons. The van der Waals surface area contributed by atoms with E-state index in [0.717, 1.165) is 6.42 Å². The number of carbonyl (C=O) groups is 1. The zero-order valence-corrected chi connectivity index (χ0v) is 14.5. The summed E-state index contributed by atoms with van der Waals surface area (Å²) in [5.74, 6) is -1.27. The van der Waals surface area contributed by atoms with Gasteiger partial charge in [0.25, 0.3) is 5.78 Å². The molecule has 1 N–H and O–H groups in total. The molecule has 0 bridgehead atoms. The number of alkyl halides is 3. The lowest BCUT2D eigenvalue weighted by Crippen LogP contribution is -2.26. The number of nitrogens with one attached hydrogen (secondary N) is 1. The molecule has 0 atom stereocenters. The summed E-state index contributed by atoms with van der Waals surface area (Å²) in [4.78, 5) is 16.4. The van der Waals surface area contributed by atoms with Gasteiger partial charge in [-0.15, -0.1) is 11.8 Å². The van der Waals surface area contributed by atoms with Gasteiger partial charge >= 0.3 is 6.18 Å². The van der Waals surface area contributed by atoms with Crippen molar-refractivity contribution in [1.82, 2.24) is 4.98 Å². The minimum absolute atomic E-state index is 0.125. The summed E-state index contributed by atoms with van der Waals surface area (Å²) in [7, 11) is 0. The Morgan fingerprint density at radius 1 is 1.29 bits per heavy atom. The lowest BCUT2D eigenvalue weighted by molar-refractivity contribution is -0.0886. The fourth-order valence-corrected chi connectivity index (χ4v) is 3.18. The molecule has 0 aliphatic rings. The molecular formula is C17H19F3N2OS. The molecule has 7 heteroatoms. The van der Waals surface area contributed by atoms with Crippen molar-refractivity contribution >= 4 is 34.1 Å². The first-order valence-electron chi connectivity index (χ1n) is 7.69. The van der Waals surface area contributed by atoms with Gasteiger partial charge in [-0.3, -0.25) is 4.79 Å². The van der Waals surface area contributed by atoms with Crippen LogP contribution in [0.3, 0.4) is 0 Å². The smallest absolute Gasteiger partial charge is 0.382 e. The number of fused-ring (bicyclic) bond motifs is 1. The quantitative estimate of drug-likeness (QED) is 0.563. The number of rotatable bonds is 6. The number of halogens is 3. The number of ketones is 1. The summed E-state index contributed by atoms with van der Waals surface area (Å²) >= 11 is 1.18. The first-order valence-corrected chi connectivity index (χ1v) is 8.67. The molecule has 1 heterocycles. The van der Waals surface area contributed by atoms with Crippen LogP contribution in [0.15, 0.2) is 29.3 Å². The molecule has 0 spiro atoms. The van der Waals surface area contributed by atoms with Crippen LogP contribution in [-0.2, 0) is 0 Å². The van der Waals surface area contributed by atoms with Gasteiger partial charge in [0.05, 0.1) is 16.8 Å². The lowest BCUT2D eigenvalue weighted by atomic mass is 10.0. The predicted molar refractivity (Wildman–Crippen MR) is 91.9 cm³/mol. The second-order valence-corrected chi connectivity index (χ2v) is 6.74. The molecule has 0 saturated carbocycles. The van der Waals surface area contributed by atoms with E-state index >= 15 is 0 Å². The van der Waals surface area contributed by atoms with Gasteiger partial charge in [0.1, 0.15) is 5.03 Å². The zero-order chi connectivity index (χ0) is 17.9. The molecule has 24 heavy (non-hydrogen) atoms. The Balaban J connectivity index is 2.78. The van der Waals surface area contributed by atoms with Gasteiger partial charge in [0.2, 0.25) is 0 Å². The number of carbonyl (C=O) groups excluding carboxylic acids is 1. The van der Waals surface area contributed by atoms with Crippen molar-refractivity contribution in [3.63, 3.8) is 0 Å². The number of hydrogen-bond donors (Lipinski definition) is 1. The topological polar surface area (TPSA) is 42.0 Å². The maximum atomic E-state index is 13.1. The number of benzene rings is 1. The molecule has 0 fully saturated rings. The number of anilines is 1. The number of aromatic nitrogens is 1. The van der Waals surface area contributed by atoms with Crippen molar-refractivity contribution in [3.8, 4) is 0 Å². The summed E-state index contributed by atoms with van der Waals surface area (Å²) in [6.45, 7) is 5.55. The Morgan fingerprint density at radius 3 is 2.54 bits per heavy atom. The molecule has 1 aromatic heterocycles. The zero-order valence-electron chi connectivity index (χ0n) is 13.7. The van der Waals surface area contributed by atoms with Crippen molar-refractivity contribution in [2.75, 3.05) is 11.1 Å². The molecule has 0 amide bonds. The fraction of sp³-hybridized carbons (Fsp3) is 0.412. The molecule has 2 rings (SSSR count). The van der Waals surface area contributed by atoms with Crippen LogP contribution in [0.25, 0.3) is 10.9 Å². The van der Waals surface area contributed by atoms with Crippen LogP contribution >= 0.6 is 11.8 Å². The monoisotopic (exact) mass is 356 g/mol. The molecule has 0 saturated heterocycles. The van der Waals surface area contributed by atoms with E-state index in [2.05, 4.69) is 10.3 Å². The maximum absolute atomic E-state index is 13.1. The maximum Gasteiger partial charge on any atom is 0.455 e. The molecule has 0 aliphatic carbocycles. The van der Waals surface area contributed by atoms with Crippen molar-refractivity contribution < 1.29 is 18.0 Å². The second-order valence-electron chi connectivity index (χ2n) is 5.66. The number of pyridine rings is 1. The normalized spacial score (nSPS) is 12.0. The van der Waals surface area contributed by atoms with E-state index in [-0.39, 0.29) is 22.3 Å². The Bertz CT molecular complexity index is 744. The van der Waals surface area contributed by atoms with Gasteiger partial charge in [-0.05, 0) is 32.1 Å². The first-order chi connectivity index (χ1) is 11.3. The molecule has 2 aromatic rings. The minimum Gasteiger partial charge on any atom is -0.382 e. The number of para-hydroxylation sites is 1. The van der Waals surface area contributed by atoms with Crippen molar-refractivity contribution in [2.24, 2.45) is 0 Å².